The highest BCUT2D eigenvalue weighted by Gasteiger charge is 2.08. The Kier molecular flexibility index (Phi) is 6.02. The van der Waals surface area contributed by atoms with Gasteiger partial charge in [0.1, 0.15) is 17.5 Å². The molecule has 0 amide bonds. The van der Waals surface area contributed by atoms with E-state index in [0.717, 1.165) is 42.5 Å². The number of hydrogen-bond donors (Lipinski definition) is 2. The first kappa shape index (κ1) is 15.7. The van der Waals surface area contributed by atoms with Crippen LogP contribution in [0.1, 0.15) is 31.7 Å². The summed E-state index contributed by atoms with van der Waals surface area (Å²) in [5, 5.41) is 6.51. The second-order valence-electron chi connectivity index (χ2n) is 5.20. The number of anilines is 2. The lowest BCUT2D eigenvalue weighted by Gasteiger charge is -2.21. The van der Waals surface area contributed by atoms with Gasteiger partial charge in [-0.2, -0.15) is 0 Å². The Labute approximate surface area is 116 Å². The topological polar surface area (TPSA) is 53.1 Å². The molecule has 1 heterocycles. The molecule has 0 atom stereocenters. The molecule has 0 spiro atoms. The summed E-state index contributed by atoms with van der Waals surface area (Å²) in [6.07, 6.45) is 1.10. The highest BCUT2D eigenvalue weighted by atomic mass is 15.1. The number of nitrogens with one attached hydrogen (secondary N) is 2. The van der Waals surface area contributed by atoms with E-state index < -0.39 is 0 Å². The molecule has 108 valence electrons. The summed E-state index contributed by atoms with van der Waals surface area (Å²) in [6, 6.07) is 0.596. The molecule has 1 aromatic heterocycles. The van der Waals surface area contributed by atoms with Crippen molar-refractivity contribution in [2.45, 2.75) is 40.2 Å². The van der Waals surface area contributed by atoms with Gasteiger partial charge < -0.3 is 15.5 Å². The van der Waals surface area contributed by atoms with Crippen molar-refractivity contribution in [1.29, 1.82) is 0 Å². The molecular formula is C14H27N5. The van der Waals surface area contributed by atoms with Gasteiger partial charge in [0.15, 0.2) is 0 Å². The van der Waals surface area contributed by atoms with Crippen LogP contribution >= 0.6 is 0 Å². The van der Waals surface area contributed by atoms with Crippen LogP contribution < -0.4 is 10.6 Å². The van der Waals surface area contributed by atoms with E-state index in [0.29, 0.717) is 6.04 Å². The first-order valence-corrected chi connectivity index (χ1v) is 6.92. The molecule has 19 heavy (non-hydrogen) atoms. The van der Waals surface area contributed by atoms with Crippen molar-refractivity contribution in [2.24, 2.45) is 0 Å². The predicted octanol–water partition coefficient (Wildman–Crippen LogP) is 2.28. The molecule has 5 heteroatoms. The maximum atomic E-state index is 4.46. The van der Waals surface area contributed by atoms with E-state index in [-0.39, 0.29) is 0 Å². The van der Waals surface area contributed by atoms with Gasteiger partial charge in [0.05, 0.1) is 0 Å². The summed E-state index contributed by atoms with van der Waals surface area (Å²) in [5.74, 6) is 2.62. The third kappa shape index (κ3) is 4.67. The zero-order chi connectivity index (χ0) is 14.4. The molecule has 0 aliphatic rings. The van der Waals surface area contributed by atoms with Gasteiger partial charge in [-0.1, -0.05) is 0 Å². The first-order chi connectivity index (χ1) is 8.95. The Morgan fingerprint density at radius 1 is 1.16 bits per heavy atom. The lowest BCUT2D eigenvalue weighted by molar-refractivity contribution is 0.273. The highest BCUT2D eigenvalue weighted by Crippen LogP contribution is 2.19. The van der Waals surface area contributed by atoms with Gasteiger partial charge in [0, 0.05) is 25.2 Å². The van der Waals surface area contributed by atoms with E-state index in [9.17, 15) is 0 Å². The molecule has 0 radical (unpaired) electrons. The maximum Gasteiger partial charge on any atom is 0.134 e. The molecule has 0 fully saturated rings. The fraction of sp³-hybridized carbons (Fsp3) is 0.714. The molecular weight excluding hydrogens is 238 g/mol. The summed E-state index contributed by atoms with van der Waals surface area (Å²) in [6.45, 7) is 10.4. The van der Waals surface area contributed by atoms with Gasteiger partial charge in [0.2, 0.25) is 0 Å². The van der Waals surface area contributed by atoms with Crippen LogP contribution in [0.5, 0.6) is 0 Å². The van der Waals surface area contributed by atoms with Gasteiger partial charge in [0.25, 0.3) is 0 Å². The van der Waals surface area contributed by atoms with Crippen LogP contribution in [0.25, 0.3) is 0 Å². The highest BCUT2D eigenvalue weighted by molar-refractivity contribution is 5.56. The molecule has 0 saturated carbocycles. The first-order valence-electron chi connectivity index (χ1n) is 6.92. The van der Waals surface area contributed by atoms with Crippen molar-refractivity contribution in [1.82, 2.24) is 14.9 Å². The zero-order valence-corrected chi connectivity index (χ0v) is 13.0. The molecule has 1 rings (SSSR count). The fourth-order valence-corrected chi connectivity index (χ4v) is 1.84. The maximum absolute atomic E-state index is 4.46. The Balaban J connectivity index is 2.52. The third-order valence-corrected chi connectivity index (χ3v) is 3.36. The molecule has 5 nitrogen and oxygen atoms in total. The minimum Gasteiger partial charge on any atom is -0.373 e. The van der Waals surface area contributed by atoms with Crippen LogP contribution in [0.15, 0.2) is 0 Å². The monoisotopic (exact) mass is 265 g/mol. The number of hydrogen-bond acceptors (Lipinski definition) is 5. The summed E-state index contributed by atoms with van der Waals surface area (Å²) in [7, 11) is 4.04. The quantitative estimate of drug-likeness (QED) is 0.741. The number of aromatic nitrogens is 2. The standard InChI is InChI=1S/C14H27N5/c1-10(2)19(6)9-7-8-16-14-11(3)13(15-5)17-12(4)18-14/h10H,7-9H2,1-6H3,(H2,15,16,17,18). The minimum atomic E-state index is 0.596. The van der Waals surface area contributed by atoms with E-state index in [2.05, 4.69) is 46.4 Å². The Morgan fingerprint density at radius 3 is 2.37 bits per heavy atom. The molecule has 0 aliphatic heterocycles. The van der Waals surface area contributed by atoms with Crippen molar-refractivity contribution in [3.05, 3.63) is 11.4 Å². The van der Waals surface area contributed by atoms with Gasteiger partial charge in [-0.15, -0.1) is 0 Å². The smallest absolute Gasteiger partial charge is 0.134 e. The summed E-state index contributed by atoms with van der Waals surface area (Å²) >= 11 is 0. The largest absolute Gasteiger partial charge is 0.373 e. The van der Waals surface area contributed by atoms with E-state index in [4.69, 9.17) is 0 Å². The Hall–Kier alpha value is -1.36. The minimum absolute atomic E-state index is 0.596. The molecule has 0 aromatic carbocycles. The van der Waals surface area contributed by atoms with Crippen molar-refractivity contribution < 1.29 is 0 Å². The van der Waals surface area contributed by atoms with Crippen LogP contribution in [0.4, 0.5) is 11.6 Å². The third-order valence-electron chi connectivity index (χ3n) is 3.36. The predicted molar refractivity (Wildman–Crippen MR) is 81.9 cm³/mol. The van der Waals surface area contributed by atoms with Crippen LogP contribution in [0.2, 0.25) is 0 Å². The van der Waals surface area contributed by atoms with Gasteiger partial charge in [-0.3, -0.25) is 0 Å². The molecule has 2 N–H and O–H groups in total. The molecule has 0 aliphatic carbocycles. The molecule has 0 bridgehead atoms. The van der Waals surface area contributed by atoms with Crippen LogP contribution in [0.3, 0.4) is 0 Å². The van der Waals surface area contributed by atoms with Crippen molar-refractivity contribution >= 4 is 11.6 Å². The second-order valence-corrected chi connectivity index (χ2v) is 5.20. The van der Waals surface area contributed by atoms with Crippen molar-refractivity contribution in [2.75, 3.05) is 37.8 Å². The number of rotatable bonds is 7. The van der Waals surface area contributed by atoms with E-state index in [1.54, 1.807) is 0 Å². The lowest BCUT2D eigenvalue weighted by atomic mass is 10.3. The Morgan fingerprint density at radius 2 is 1.79 bits per heavy atom. The average molecular weight is 265 g/mol. The summed E-state index contributed by atoms with van der Waals surface area (Å²) in [4.78, 5) is 11.2. The lowest BCUT2D eigenvalue weighted by Crippen LogP contribution is -2.28. The zero-order valence-electron chi connectivity index (χ0n) is 13.0. The van der Waals surface area contributed by atoms with E-state index >= 15 is 0 Å². The molecule has 0 saturated heterocycles. The van der Waals surface area contributed by atoms with Crippen molar-refractivity contribution in [3.8, 4) is 0 Å². The second kappa shape index (κ2) is 7.28. The summed E-state index contributed by atoms with van der Waals surface area (Å²) in [5.41, 5.74) is 1.07. The number of aryl methyl sites for hydroxylation is 1. The SMILES string of the molecule is CNc1nc(C)nc(NCCCN(C)C(C)C)c1C. The van der Waals surface area contributed by atoms with E-state index in [1.165, 1.54) is 0 Å². The van der Waals surface area contributed by atoms with Crippen LogP contribution in [0, 0.1) is 13.8 Å². The van der Waals surface area contributed by atoms with Crippen LogP contribution in [-0.2, 0) is 0 Å². The van der Waals surface area contributed by atoms with E-state index in [1.807, 2.05) is 20.9 Å². The van der Waals surface area contributed by atoms with Gasteiger partial charge in [-0.05, 0) is 47.7 Å². The average Bonchev–Trinajstić information content (AvgIpc) is 2.37. The number of nitrogens with zero attached hydrogens (tertiary/aromatic N) is 3. The summed E-state index contributed by atoms with van der Waals surface area (Å²) < 4.78 is 0. The normalized spacial score (nSPS) is 11.2. The van der Waals surface area contributed by atoms with Gasteiger partial charge in [-0.25, -0.2) is 9.97 Å². The van der Waals surface area contributed by atoms with Crippen LogP contribution in [-0.4, -0.2) is 48.1 Å². The molecule has 1 aromatic rings. The fourth-order valence-electron chi connectivity index (χ4n) is 1.84. The molecule has 0 unspecified atom stereocenters. The Bertz CT molecular complexity index is 403. The van der Waals surface area contributed by atoms with Crippen molar-refractivity contribution in [3.63, 3.8) is 0 Å². The van der Waals surface area contributed by atoms with Gasteiger partial charge >= 0.3 is 0 Å².